The van der Waals surface area contributed by atoms with Gasteiger partial charge in [0.15, 0.2) is 0 Å². The van der Waals surface area contributed by atoms with Gasteiger partial charge in [-0.05, 0) is 77.2 Å². The Balaban J connectivity index is 1.31. The average molecular weight is 515 g/mol. The van der Waals surface area contributed by atoms with Gasteiger partial charge in [0.1, 0.15) is 0 Å². The zero-order chi connectivity index (χ0) is 26.9. The van der Waals surface area contributed by atoms with Crippen LogP contribution in [0.2, 0.25) is 0 Å². The van der Waals surface area contributed by atoms with Gasteiger partial charge >= 0.3 is 0 Å². The predicted octanol–water partition coefficient (Wildman–Crippen LogP) is 10.1. The summed E-state index contributed by atoms with van der Waals surface area (Å²) in [4.78, 5) is 2.32. The molecule has 0 bridgehead atoms. The molecule has 7 aromatic rings. The van der Waals surface area contributed by atoms with Crippen molar-refractivity contribution in [3.63, 3.8) is 0 Å². The smallest absolute Gasteiger partial charge is 0.0509 e. The van der Waals surface area contributed by atoms with Crippen molar-refractivity contribution in [2.45, 2.75) is 6.42 Å². The van der Waals surface area contributed by atoms with Gasteiger partial charge in [-0.3, -0.25) is 0 Å². The maximum atomic E-state index is 2.35. The molecule has 0 radical (unpaired) electrons. The molecule has 0 amide bonds. The number of para-hydroxylation sites is 2. The molecule has 1 aromatic heterocycles. The Morgan fingerprint density at radius 2 is 1.07 bits per heavy atom. The second-order valence-corrected chi connectivity index (χ2v) is 10.4. The molecule has 40 heavy (non-hydrogen) atoms. The van der Waals surface area contributed by atoms with E-state index in [1.807, 2.05) is 0 Å². The predicted molar refractivity (Wildman–Crippen MR) is 170 cm³/mol. The van der Waals surface area contributed by atoms with Gasteiger partial charge in [0.05, 0.1) is 5.52 Å². The second-order valence-electron chi connectivity index (χ2n) is 10.4. The molecule has 7 rings (SSSR count). The molecular weight excluding hydrogens is 484 g/mol. The van der Waals surface area contributed by atoms with Gasteiger partial charge in [-0.1, -0.05) is 103 Å². The number of anilines is 3. The molecule has 2 heteroatoms. The molecule has 2 nitrogen and oxygen atoms in total. The maximum absolute atomic E-state index is 2.35. The molecule has 6 aromatic carbocycles. The summed E-state index contributed by atoms with van der Waals surface area (Å²) >= 11 is 0. The van der Waals surface area contributed by atoms with Crippen LogP contribution in [0.5, 0.6) is 0 Å². The average Bonchev–Trinajstić information content (AvgIpc) is 3.29. The van der Waals surface area contributed by atoms with Crippen molar-refractivity contribution in [3.05, 3.63) is 163 Å². The van der Waals surface area contributed by atoms with Crippen LogP contribution in [0.3, 0.4) is 0 Å². The van der Waals surface area contributed by atoms with E-state index in [1.54, 1.807) is 0 Å². The highest BCUT2D eigenvalue weighted by molar-refractivity contribution is 6.10. The van der Waals surface area contributed by atoms with Crippen molar-refractivity contribution in [2.24, 2.45) is 7.05 Å². The summed E-state index contributed by atoms with van der Waals surface area (Å²) in [6, 6.07) is 54.5. The van der Waals surface area contributed by atoms with E-state index in [0.29, 0.717) is 0 Å². The molecule has 1 heterocycles. The van der Waals surface area contributed by atoms with Crippen LogP contribution in [0.25, 0.3) is 32.9 Å². The molecule has 0 aliphatic heterocycles. The van der Waals surface area contributed by atoms with Gasteiger partial charge in [-0.25, -0.2) is 0 Å². The van der Waals surface area contributed by atoms with Crippen molar-refractivity contribution in [1.82, 2.24) is 4.57 Å². The molecule has 0 aliphatic carbocycles. The van der Waals surface area contributed by atoms with E-state index in [0.717, 1.165) is 23.5 Å². The summed E-state index contributed by atoms with van der Waals surface area (Å²) in [7, 11) is 2.17. The first-order valence-electron chi connectivity index (χ1n) is 13.8. The fraction of sp³-hybridized carbons (Fsp3) is 0.0526. The lowest BCUT2D eigenvalue weighted by molar-refractivity contribution is 1.01. The summed E-state index contributed by atoms with van der Waals surface area (Å²) in [6.45, 7) is 0. The largest absolute Gasteiger partial charge is 0.344 e. The highest BCUT2D eigenvalue weighted by Gasteiger charge is 2.16. The number of hydrogen-bond donors (Lipinski definition) is 0. The Bertz CT molecular complexity index is 1880. The van der Waals surface area contributed by atoms with Crippen molar-refractivity contribution in [2.75, 3.05) is 4.90 Å². The topological polar surface area (TPSA) is 8.17 Å². The van der Waals surface area contributed by atoms with Crippen molar-refractivity contribution < 1.29 is 0 Å². The minimum Gasteiger partial charge on any atom is -0.344 e. The van der Waals surface area contributed by atoms with E-state index in [9.17, 15) is 0 Å². The molecule has 192 valence electrons. The number of benzene rings is 6. The van der Waals surface area contributed by atoms with Gasteiger partial charge in [-0.15, -0.1) is 0 Å². The van der Waals surface area contributed by atoms with E-state index in [4.69, 9.17) is 0 Å². The Hall–Kier alpha value is -5.08. The number of aromatic nitrogens is 1. The van der Waals surface area contributed by atoms with Gasteiger partial charge in [0, 0.05) is 40.4 Å². The first-order chi connectivity index (χ1) is 19.7. The standard InChI is InChI=1S/C38H30N2/c1-39-37-23-20-31(30-15-11-14-29(25-30)24-28-12-5-2-6-13-28)26-36(37)35-22-21-34(27-38(35)39)40(32-16-7-3-8-17-32)33-18-9-4-10-19-33/h2-23,25-27H,24H2,1H3. The Kier molecular flexibility index (Phi) is 6.14. The second kappa shape index (κ2) is 10.2. The lowest BCUT2D eigenvalue weighted by Crippen LogP contribution is -2.09. The summed E-state index contributed by atoms with van der Waals surface area (Å²) in [5.41, 5.74) is 11.0. The molecule has 0 spiro atoms. The van der Waals surface area contributed by atoms with Crippen LogP contribution in [0.1, 0.15) is 11.1 Å². The zero-order valence-corrected chi connectivity index (χ0v) is 22.5. The molecular formula is C38H30N2. The number of hydrogen-bond acceptors (Lipinski definition) is 1. The first-order valence-corrected chi connectivity index (χ1v) is 13.8. The Morgan fingerprint density at radius 3 is 1.77 bits per heavy atom. The molecule has 0 aliphatic rings. The van der Waals surface area contributed by atoms with Crippen LogP contribution in [-0.4, -0.2) is 4.57 Å². The van der Waals surface area contributed by atoms with Crippen LogP contribution in [0, 0.1) is 0 Å². The fourth-order valence-corrected chi connectivity index (χ4v) is 5.81. The number of nitrogens with zero attached hydrogens (tertiary/aromatic N) is 2. The number of rotatable bonds is 6. The SMILES string of the molecule is Cn1c2ccc(-c3cccc(Cc4ccccc4)c3)cc2c2ccc(N(c3ccccc3)c3ccccc3)cc21. The van der Waals surface area contributed by atoms with Crippen molar-refractivity contribution >= 4 is 38.9 Å². The highest BCUT2D eigenvalue weighted by atomic mass is 15.1. The van der Waals surface area contributed by atoms with Gasteiger partial charge in [-0.2, -0.15) is 0 Å². The third kappa shape index (κ3) is 4.44. The highest BCUT2D eigenvalue weighted by Crippen LogP contribution is 2.39. The van der Waals surface area contributed by atoms with Crippen molar-refractivity contribution in [1.29, 1.82) is 0 Å². The third-order valence-corrected chi connectivity index (χ3v) is 7.79. The normalized spacial score (nSPS) is 11.2. The lowest BCUT2D eigenvalue weighted by atomic mass is 9.98. The Labute approximate surface area is 235 Å². The van der Waals surface area contributed by atoms with Crippen LogP contribution < -0.4 is 4.90 Å². The van der Waals surface area contributed by atoms with Crippen LogP contribution in [0.4, 0.5) is 17.1 Å². The van der Waals surface area contributed by atoms with E-state index >= 15 is 0 Å². The van der Waals surface area contributed by atoms with E-state index < -0.39 is 0 Å². The van der Waals surface area contributed by atoms with Crippen molar-refractivity contribution in [3.8, 4) is 11.1 Å². The number of fused-ring (bicyclic) bond motifs is 3. The Morgan fingerprint density at radius 1 is 0.450 bits per heavy atom. The summed E-state index contributed by atoms with van der Waals surface area (Å²) in [5.74, 6) is 0. The molecule has 0 fully saturated rings. The summed E-state index contributed by atoms with van der Waals surface area (Å²) < 4.78 is 2.32. The third-order valence-electron chi connectivity index (χ3n) is 7.79. The maximum Gasteiger partial charge on any atom is 0.0509 e. The number of aryl methyl sites for hydroxylation is 1. The quantitative estimate of drug-likeness (QED) is 0.214. The van der Waals surface area contributed by atoms with Crippen LogP contribution in [-0.2, 0) is 13.5 Å². The lowest BCUT2D eigenvalue weighted by Gasteiger charge is -2.25. The van der Waals surface area contributed by atoms with Gasteiger partial charge < -0.3 is 9.47 Å². The van der Waals surface area contributed by atoms with E-state index in [1.165, 1.54) is 44.1 Å². The first kappa shape index (κ1) is 24.0. The van der Waals surface area contributed by atoms with E-state index in [-0.39, 0.29) is 0 Å². The minimum absolute atomic E-state index is 0.938. The van der Waals surface area contributed by atoms with Gasteiger partial charge in [0.25, 0.3) is 0 Å². The molecule has 0 saturated heterocycles. The fourth-order valence-electron chi connectivity index (χ4n) is 5.81. The van der Waals surface area contributed by atoms with Crippen LogP contribution >= 0.6 is 0 Å². The molecule has 0 saturated carbocycles. The minimum atomic E-state index is 0.938. The summed E-state index contributed by atoms with van der Waals surface area (Å²) in [5, 5.41) is 2.55. The molecule has 0 unspecified atom stereocenters. The zero-order valence-electron chi connectivity index (χ0n) is 22.5. The monoisotopic (exact) mass is 514 g/mol. The molecule has 0 N–H and O–H groups in total. The van der Waals surface area contributed by atoms with Crippen LogP contribution in [0.15, 0.2) is 152 Å². The molecule has 0 atom stereocenters. The van der Waals surface area contributed by atoms with E-state index in [2.05, 4.69) is 168 Å². The summed E-state index contributed by atoms with van der Waals surface area (Å²) in [6.07, 6.45) is 0.938. The van der Waals surface area contributed by atoms with Gasteiger partial charge in [0.2, 0.25) is 0 Å².